The van der Waals surface area contributed by atoms with Gasteiger partial charge in [0.05, 0.1) is 15.8 Å². The summed E-state index contributed by atoms with van der Waals surface area (Å²) in [5.74, 6) is 6.54. The largest absolute Gasteiger partial charge is 0.106 e. The Bertz CT molecular complexity index is 2890. The fourth-order valence-corrected chi connectivity index (χ4v) is 15.0. The summed E-state index contributed by atoms with van der Waals surface area (Å²) in [6.07, 6.45) is 0.942. The van der Waals surface area contributed by atoms with Crippen LogP contribution in [0.3, 0.4) is 0 Å². The van der Waals surface area contributed by atoms with E-state index in [0.29, 0.717) is 0 Å². The molecule has 10 aromatic carbocycles. The van der Waals surface area contributed by atoms with Crippen molar-refractivity contribution in [2.75, 3.05) is 0 Å². The zero-order valence-electron chi connectivity index (χ0n) is 39.7. The van der Waals surface area contributed by atoms with Crippen molar-refractivity contribution in [3.63, 3.8) is 0 Å². The smallest absolute Gasteiger partial charge is 0.0622 e. The summed E-state index contributed by atoms with van der Waals surface area (Å²) in [6.45, 7) is 4.38. The Balaban J connectivity index is 0.000000377. The van der Waals surface area contributed by atoms with Crippen molar-refractivity contribution in [1.82, 2.24) is 0 Å². The summed E-state index contributed by atoms with van der Waals surface area (Å²) < 4.78 is 0. The Morgan fingerprint density at radius 2 is 0.571 bits per heavy atom. The average molecular weight is 984 g/mol. The summed E-state index contributed by atoms with van der Waals surface area (Å²) >= 11 is 0. The molecule has 0 atom stereocenters. The van der Waals surface area contributed by atoms with E-state index in [0.717, 1.165) is 17.5 Å². The third-order valence-electron chi connectivity index (χ3n) is 12.8. The van der Waals surface area contributed by atoms with Gasteiger partial charge in [0.1, 0.15) is 31.8 Å². The summed E-state index contributed by atoms with van der Waals surface area (Å²) in [6, 6.07) is 102. The Labute approximate surface area is 429 Å². The Hall–Kier alpha value is -6.89. The first-order chi connectivity index (χ1) is 34.1. The molecule has 10 rings (SSSR count). The van der Waals surface area contributed by atoms with E-state index in [-0.39, 0.29) is 28.3 Å². The third-order valence-corrected chi connectivity index (χ3v) is 18.4. The van der Waals surface area contributed by atoms with Crippen molar-refractivity contribution < 1.29 is 16.5 Å². The predicted octanol–water partition coefficient (Wildman–Crippen LogP) is 13.7. The van der Waals surface area contributed by atoms with Gasteiger partial charge in [-0.1, -0.05) is 217 Å². The van der Waals surface area contributed by atoms with Crippen molar-refractivity contribution in [3.05, 3.63) is 324 Å². The minimum Gasteiger partial charge on any atom is -0.0622 e. The maximum atomic E-state index is 3.11. The van der Waals surface area contributed by atoms with E-state index < -0.39 is 15.8 Å². The van der Waals surface area contributed by atoms with Crippen LogP contribution in [-0.4, -0.2) is 0 Å². The van der Waals surface area contributed by atoms with Crippen LogP contribution in [0.2, 0.25) is 0 Å². The number of hydrogen-bond acceptors (Lipinski definition) is 0. The van der Waals surface area contributed by atoms with Gasteiger partial charge in [-0.05, 0) is 116 Å². The minimum atomic E-state index is -1.36. The third kappa shape index (κ3) is 12.7. The van der Waals surface area contributed by atoms with Gasteiger partial charge in [-0.25, -0.2) is 0 Å². The van der Waals surface area contributed by atoms with Crippen molar-refractivity contribution >= 4 is 47.7 Å². The van der Waals surface area contributed by atoms with Gasteiger partial charge in [-0.3, -0.25) is 0 Å². The number of hydrogen-bond donors (Lipinski definition) is 0. The Kier molecular flexibility index (Phi) is 17.8. The molecule has 3 heteroatoms. The SMILES string of the molecule is C(#Cc1ccccc1)c1ccccc1.Cc1ccc(C(CC(c2ccccc2[PH+](c2ccccc2)c2ccccc2)c2ccccc2[PH+](c2ccccc2)c2ccccc2)c2ccc(C)cc2)cc1.[Ni]. The summed E-state index contributed by atoms with van der Waals surface area (Å²) in [5, 5.41) is 8.56. The predicted molar refractivity (Wildman–Crippen MR) is 303 cm³/mol. The molecule has 0 bridgehead atoms. The quantitative estimate of drug-likeness (QED) is 0.0650. The summed E-state index contributed by atoms with van der Waals surface area (Å²) in [7, 11) is -2.72. The van der Waals surface area contributed by atoms with Gasteiger partial charge < -0.3 is 0 Å². The van der Waals surface area contributed by atoms with E-state index in [2.05, 4.69) is 244 Å². The first-order valence-electron chi connectivity index (χ1n) is 24.0. The molecule has 0 aliphatic rings. The molecule has 0 N–H and O–H groups in total. The zero-order chi connectivity index (χ0) is 47.0. The molecule has 0 aliphatic carbocycles. The standard InChI is InChI=1S/C53H46P2.C14H10.Ni/c1-40-31-35-42(36-32-40)50(43-37-33-41(2)34-38-43)39-51(48-27-15-17-29-52(48)54(44-19-7-3-8-20-44)45-21-9-4-10-22-45)49-28-16-18-30-53(49)55(46-23-11-5-12-24-46)47-25-13-6-14-26-47;1-3-7-13(8-4-1)11-12-14-9-5-2-6-10-14;/h3-38,50-51H,39H2,1-2H3;1-10H;/p+2. The molecule has 0 spiro atoms. The van der Waals surface area contributed by atoms with Crippen LogP contribution in [0, 0.1) is 25.7 Å². The van der Waals surface area contributed by atoms with Crippen molar-refractivity contribution in [2.24, 2.45) is 0 Å². The molecule has 0 amide bonds. The van der Waals surface area contributed by atoms with Crippen molar-refractivity contribution in [1.29, 1.82) is 0 Å². The zero-order valence-corrected chi connectivity index (χ0v) is 42.7. The molecule has 0 aliphatic heterocycles. The maximum absolute atomic E-state index is 3.11. The first kappa shape index (κ1) is 49.5. The second kappa shape index (κ2) is 25.1. The molecule has 0 aromatic heterocycles. The van der Waals surface area contributed by atoms with Crippen LogP contribution >= 0.6 is 15.8 Å². The van der Waals surface area contributed by atoms with Gasteiger partial charge in [0, 0.05) is 50.6 Å². The van der Waals surface area contributed by atoms with E-state index in [1.807, 2.05) is 60.7 Å². The second-order valence-corrected chi connectivity index (χ2v) is 22.4. The Morgan fingerprint density at radius 3 is 0.886 bits per heavy atom. The molecule has 0 unspecified atom stereocenters. The van der Waals surface area contributed by atoms with Crippen LogP contribution in [0.1, 0.15) is 62.8 Å². The van der Waals surface area contributed by atoms with E-state index in [4.69, 9.17) is 0 Å². The van der Waals surface area contributed by atoms with Crippen LogP contribution in [0.5, 0.6) is 0 Å². The average Bonchev–Trinajstić information content (AvgIpc) is 3.42. The molecule has 10 aromatic rings. The van der Waals surface area contributed by atoms with Crippen molar-refractivity contribution in [3.8, 4) is 11.8 Å². The van der Waals surface area contributed by atoms with E-state index in [9.17, 15) is 0 Å². The van der Waals surface area contributed by atoms with Crippen LogP contribution in [0.4, 0.5) is 0 Å². The van der Waals surface area contributed by atoms with Crippen LogP contribution < -0.4 is 31.8 Å². The maximum Gasteiger partial charge on any atom is 0.106 e. The normalized spacial score (nSPS) is 10.8. The van der Waals surface area contributed by atoms with Gasteiger partial charge >= 0.3 is 0 Å². The molecule has 344 valence electrons. The van der Waals surface area contributed by atoms with E-state index in [1.165, 1.54) is 65.2 Å². The molecule has 0 saturated heterocycles. The number of rotatable bonds is 12. The molecule has 0 nitrogen and oxygen atoms in total. The molecule has 0 heterocycles. The van der Waals surface area contributed by atoms with E-state index >= 15 is 0 Å². The molecule has 0 radical (unpaired) electrons. The van der Waals surface area contributed by atoms with Gasteiger partial charge in [-0.15, -0.1) is 0 Å². The number of aryl methyl sites for hydroxylation is 2. The summed E-state index contributed by atoms with van der Waals surface area (Å²) in [5.41, 5.74) is 10.3. The minimum absolute atomic E-state index is 0. The molecule has 0 saturated carbocycles. The summed E-state index contributed by atoms with van der Waals surface area (Å²) in [4.78, 5) is 0. The fourth-order valence-electron chi connectivity index (χ4n) is 9.34. The molecular weight excluding hydrogens is 925 g/mol. The van der Waals surface area contributed by atoms with Crippen LogP contribution in [0.25, 0.3) is 0 Å². The van der Waals surface area contributed by atoms with Crippen molar-refractivity contribution in [2.45, 2.75) is 32.1 Å². The van der Waals surface area contributed by atoms with Gasteiger partial charge in [0.25, 0.3) is 0 Å². The molecule has 0 fully saturated rings. The van der Waals surface area contributed by atoms with E-state index in [1.54, 1.807) is 0 Å². The van der Waals surface area contributed by atoms with Gasteiger partial charge in [0.15, 0.2) is 0 Å². The second-order valence-electron chi connectivity index (χ2n) is 17.5. The Morgan fingerprint density at radius 1 is 0.300 bits per heavy atom. The molecular formula is C67H58NiP2+2. The number of benzene rings is 10. The van der Waals surface area contributed by atoms with Crippen LogP contribution in [-0.2, 0) is 16.5 Å². The topological polar surface area (TPSA) is 0 Å². The first-order valence-corrected chi connectivity index (χ1v) is 27.0. The fraction of sp³-hybridized carbons (Fsp3) is 0.0746. The molecule has 70 heavy (non-hydrogen) atoms. The monoisotopic (exact) mass is 982 g/mol. The van der Waals surface area contributed by atoms with Gasteiger partial charge in [0.2, 0.25) is 0 Å². The van der Waals surface area contributed by atoms with Crippen LogP contribution in [0.15, 0.2) is 279 Å². The van der Waals surface area contributed by atoms with Gasteiger partial charge in [-0.2, -0.15) is 0 Å².